The van der Waals surface area contributed by atoms with E-state index in [9.17, 15) is 14.9 Å². The number of amides is 1. The zero-order valence-electron chi connectivity index (χ0n) is 12.0. The number of carbonyl (C=O) groups excluding carboxylic acids is 1. The van der Waals surface area contributed by atoms with E-state index in [-0.39, 0.29) is 10.6 Å². The minimum absolute atomic E-state index is 0.138. The summed E-state index contributed by atoms with van der Waals surface area (Å²) in [6.45, 7) is 6.50. The van der Waals surface area contributed by atoms with Crippen LogP contribution in [0.15, 0.2) is 18.2 Å². The lowest BCUT2D eigenvalue weighted by Gasteiger charge is -2.38. The topological polar surface area (TPSA) is 92.8 Å². The molecule has 0 radical (unpaired) electrons. The number of primary amides is 1. The zero-order chi connectivity index (χ0) is 15.7. The number of hydrogen-bond acceptors (Lipinski definition) is 4. The summed E-state index contributed by atoms with van der Waals surface area (Å²) in [5, 5.41) is 20.2. The predicted octanol–water partition coefficient (Wildman–Crippen LogP) is 0.692. The second kappa shape index (κ2) is 5.73. The fraction of sp³-hybridized carbons (Fsp3) is 0.462. The Morgan fingerprint density at radius 1 is 1.35 bits per heavy atom. The minimum Gasteiger partial charge on any atom is -0.423 e. The van der Waals surface area contributed by atoms with E-state index in [0.29, 0.717) is 5.46 Å². The van der Waals surface area contributed by atoms with Gasteiger partial charge in [-0.3, -0.25) is 4.79 Å². The van der Waals surface area contributed by atoms with Crippen LogP contribution < -0.4 is 11.2 Å². The van der Waals surface area contributed by atoms with E-state index < -0.39 is 24.2 Å². The molecule has 0 aromatic heterocycles. The average molecular weight is 300 g/mol. The molecule has 7 heteroatoms. The first-order chi connectivity index (χ1) is 8.95. The Morgan fingerprint density at radius 2 is 1.90 bits per heavy atom. The molecule has 0 atom stereocenters. The second-order valence-electron chi connectivity index (χ2n) is 5.64. The van der Waals surface area contributed by atoms with Crippen molar-refractivity contribution < 1.29 is 19.6 Å². The average Bonchev–Trinajstić information content (AvgIpc) is 2.25. The van der Waals surface area contributed by atoms with Crippen LogP contribution in [0.4, 0.5) is 0 Å². The molecule has 0 spiro atoms. The highest BCUT2D eigenvalue weighted by Crippen LogP contribution is 2.25. The van der Waals surface area contributed by atoms with Crippen molar-refractivity contribution in [2.75, 3.05) is 0 Å². The van der Waals surface area contributed by atoms with Gasteiger partial charge in [-0.25, -0.2) is 0 Å². The molecule has 0 bridgehead atoms. The van der Waals surface area contributed by atoms with Crippen molar-refractivity contribution in [1.82, 2.24) is 0 Å². The molecule has 0 aliphatic carbocycles. The Morgan fingerprint density at radius 3 is 2.30 bits per heavy atom. The maximum atomic E-state index is 11.1. The Balaban J connectivity index is 2.97. The molecule has 0 fully saturated rings. The van der Waals surface area contributed by atoms with Crippen LogP contribution in [0, 0.1) is 0 Å². The van der Waals surface area contributed by atoms with E-state index in [1.54, 1.807) is 27.7 Å². The monoisotopic (exact) mass is 299 g/mol. The summed E-state index contributed by atoms with van der Waals surface area (Å²) in [4.78, 5) is 11.1. The molecule has 110 valence electrons. The highest BCUT2D eigenvalue weighted by atomic mass is 35.5. The van der Waals surface area contributed by atoms with Crippen LogP contribution in [0.3, 0.4) is 0 Å². The summed E-state index contributed by atoms with van der Waals surface area (Å²) in [5.41, 5.74) is 3.56. The standard InChI is InChI=1S/C13H19BClNO4/c1-12(2,18)13(3,4)20-14(19)8-5-6-9(11(16)17)10(15)7-8/h5-7,18-19H,1-4H3,(H2,16,17). The number of carbonyl (C=O) groups is 1. The molecule has 4 N–H and O–H groups in total. The van der Waals surface area contributed by atoms with Crippen LogP contribution in [0.5, 0.6) is 0 Å². The van der Waals surface area contributed by atoms with Gasteiger partial charge in [0.25, 0.3) is 0 Å². The van der Waals surface area contributed by atoms with Gasteiger partial charge in [-0.1, -0.05) is 17.7 Å². The molecule has 1 aromatic rings. The van der Waals surface area contributed by atoms with E-state index >= 15 is 0 Å². The largest absolute Gasteiger partial charge is 0.491 e. The van der Waals surface area contributed by atoms with Crippen molar-refractivity contribution in [3.63, 3.8) is 0 Å². The van der Waals surface area contributed by atoms with Crippen molar-refractivity contribution in [3.8, 4) is 0 Å². The van der Waals surface area contributed by atoms with Gasteiger partial charge in [0.2, 0.25) is 5.91 Å². The molecule has 20 heavy (non-hydrogen) atoms. The number of halogens is 1. The summed E-state index contributed by atoms with van der Waals surface area (Å²) >= 11 is 5.91. The smallest absolute Gasteiger partial charge is 0.423 e. The molecule has 0 heterocycles. The second-order valence-corrected chi connectivity index (χ2v) is 6.05. The van der Waals surface area contributed by atoms with Gasteiger partial charge in [-0.15, -0.1) is 0 Å². The third kappa shape index (κ3) is 3.73. The summed E-state index contributed by atoms with van der Waals surface area (Å²) in [6, 6.07) is 4.33. The Kier molecular flexibility index (Phi) is 4.87. The summed E-state index contributed by atoms with van der Waals surface area (Å²) in [7, 11) is -1.28. The van der Waals surface area contributed by atoms with Crippen molar-refractivity contribution >= 4 is 30.1 Å². The van der Waals surface area contributed by atoms with E-state index in [2.05, 4.69) is 0 Å². The molecule has 0 unspecified atom stereocenters. The third-order valence-corrected chi connectivity index (χ3v) is 3.74. The van der Waals surface area contributed by atoms with E-state index in [0.717, 1.165) is 0 Å². The number of rotatable bonds is 5. The first-order valence-corrected chi connectivity index (χ1v) is 6.51. The molecule has 0 aliphatic heterocycles. The van der Waals surface area contributed by atoms with Crippen molar-refractivity contribution in [2.24, 2.45) is 5.73 Å². The molecule has 1 rings (SSSR count). The lowest BCUT2D eigenvalue weighted by Crippen LogP contribution is -2.53. The van der Waals surface area contributed by atoms with Gasteiger partial charge in [-0.05, 0) is 45.3 Å². The molecule has 0 saturated carbocycles. The van der Waals surface area contributed by atoms with Crippen LogP contribution in [0.1, 0.15) is 38.1 Å². The van der Waals surface area contributed by atoms with E-state index in [1.165, 1.54) is 18.2 Å². The normalized spacial score (nSPS) is 12.3. The number of nitrogens with two attached hydrogens (primary N) is 1. The minimum atomic E-state index is -1.28. The number of hydrogen-bond donors (Lipinski definition) is 3. The Labute approximate surface area is 123 Å². The molecular formula is C13H19BClNO4. The maximum Gasteiger partial charge on any atom is 0.491 e. The molecule has 0 aliphatic rings. The van der Waals surface area contributed by atoms with Gasteiger partial charge in [0.1, 0.15) is 0 Å². The van der Waals surface area contributed by atoms with Gasteiger partial charge in [0.15, 0.2) is 0 Å². The molecule has 1 aromatic carbocycles. The quantitative estimate of drug-likeness (QED) is 0.698. The predicted molar refractivity (Wildman–Crippen MR) is 79.0 cm³/mol. The maximum absolute atomic E-state index is 11.1. The van der Waals surface area contributed by atoms with E-state index in [4.69, 9.17) is 22.0 Å². The first-order valence-electron chi connectivity index (χ1n) is 6.13. The summed E-state index contributed by atoms with van der Waals surface area (Å²) in [5.74, 6) is -0.645. The lowest BCUT2D eigenvalue weighted by molar-refractivity contribution is -0.0982. The zero-order valence-corrected chi connectivity index (χ0v) is 12.7. The van der Waals surface area contributed by atoms with Crippen LogP contribution >= 0.6 is 11.6 Å². The molecule has 1 amide bonds. The van der Waals surface area contributed by atoms with Crippen LogP contribution in [0.25, 0.3) is 0 Å². The van der Waals surface area contributed by atoms with Gasteiger partial charge in [0.05, 0.1) is 21.8 Å². The molecule has 0 saturated heterocycles. The van der Waals surface area contributed by atoms with Crippen molar-refractivity contribution in [2.45, 2.75) is 38.9 Å². The van der Waals surface area contributed by atoms with Crippen LogP contribution in [-0.4, -0.2) is 34.4 Å². The van der Waals surface area contributed by atoms with Gasteiger partial charge in [0, 0.05) is 0 Å². The van der Waals surface area contributed by atoms with Gasteiger partial charge in [-0.2, -0.15) is 0 Å². The van der Waals surface area contributed by atoms with Gasteiger partial charge >= 0.3 is 7.12 Å². The van der Waals surface area contributed by atoms with Crippen LogP contribution in [0.2, 0.25) is 5.02 Å². The lowest BCUT2D eigenvalue weighted by atomic mass is 9.76. The SMILES string of the molecule is CC(C)(O)C(C)(C)OB(O)c1ccc(C(N)=O)c(Cl)c1. The Hall–Kier alpha value is -1.08. The Bertz CT molecular complexity index is 514. The van der Waals surface area contributed by atoms with Gasteiger partial charge < -0.3 is 20.5 Å². The molecular weight excluding hydrogens is 280 g/mol. The fourth-order valence-electron chi connectivity index (χ4n) is 1.38. The fourth-order valence-corrected chi connectivity index (χ4v) is 1.66. The van der Waals surface area contributed by atoms with E-state index in [1.807, 2.05) is 0 Å². The summed E-state index contributed by atoms with van der Waals surface area (Å²) < 4.78 is 5.47. The number of benzene rings is 1. The van der Waals surface area contributed by atoms with Crippen molar-refractivity contribution in [1.29, 1.82) is 0 Å². The van der Waals surface area contributed by atoms with Crippen molar-refractivity contribution in [3.05, 3.63) is 28.8 Å². The summed E-state index contributed by atoms with van der Waals surface area (Å²) in [6.07, 6.45) is 0. The van der Waals surface area contributed by atoms with Crippen LogP contribution in [-0.2, 0) is 4.65 Å². The highest BCUT2D eigenvalue weighted by Gasteiger charge is 2.39. The molecule has 5 nitrogen and oxygen atoms in total. The highest BCUT2D eigenvalue weighted by molar-refractivity contribution is 6.60. The third-order valence-electron chi connectivity index (χ3n) is 3.42. The number of aliphatic hydroxyl groups is 1. The first kappa shape index (κ1) is 17.0.